The van der Waals surface area contributed by atoms with Crippen LogP contribution in [0, 0.1) is 0 Å². The van der Waals surface area contributed by atoms with Crippen LogP contribution in [0.5, 0.6) is 0 Å². The van der Waals surface area contributed by atoms with E-state index in [4.69, 9.17) is 5.73 Å². The molecule has 108 valence electrons. The topological polar surface area (TPSA) is 80.9 Å². The van der Waals surface area contributed by atoms with Crippen LogP contribution >= 0.6 is 34.9 Å². The van der Waals surface area contributed by atoms with E-state index in [1.54, 1.807) is 41.9 Å². The van der Waals surface area contributed by atoms with Gasteiger partial charge in [0.25, 0.3) is 0 Å². The summed E-state index contributed by atoms with van der Waals surface area (Å²) in [6, 6.07) is 0. The number of rotatable bonds is 9. The molecular formula is C11H20N4OS3. The highest BCUT2D eigenvalue weighted by Crippen LogP contribution is 2.28. The van der Waals surface area contributed by atoms with Gasteiger partial charge in [-0.1, -0.05) is 41.3 Å². The lowest BCUT2D eigenvalue weighted by Crippen LogP contribution is -2.51. The van der Waals surface area contributed by atoms with Gasteiger partial charge in [0.1, 0.15) is 0 Å². The Labute approximate surface area is 126 Å². The third kappa shape index (κ3) is 5.29. The van der Waals surface area contributed by atoms with E-state index >= 15 is 0 Å². The van der Waals surface area contributed by atoms with Crippen LogP contribution in [0.25, 0.3) is 0 Å². The average molecular weight is 321 g/mol. The Balaban J connectivity index is 2.22. The Morgan fingerprint density at radius 1 is 1.42 bits per heavy atom. The fourth-order valence-electron chi connectivity index (χ4n) is 1.45. The van der Waals surface area contributed by atoms with Crippen molar-refractivity contribution in [2.45, 2.75) is 40.4 Å². The molecule has 1 unspecified atom stereocenters. The summed E-state index contributed by atoms with van der Waals surface area (Å²) in [7, 11) is 1.77. The smallest absolute Gasteiger partial charge is 0.237 e. The second-order valence-corrected chi connectivity index (χ2v) is 7.66. The minimum Gasteiger partial charge on any atom is -0.368 e. The van der Waals surface area contributed by atoms with E-state index in [0.717, 1.165) is 33.7 Å². The van der Waals surface area contributed by atoms with Gasteiger partial charge in [-0.05, 0) is 33.1 Å². The highest BCUT2D eigenvalue weighted by molar-refractivity contribution is 8.02. The number of likely N-dealkylation sites (N-methyl/N-ethyl adjacent to an activating group) is 1. The van der Waals surface area contributed by atoms with E-state index in [-0.39, 0.29) is 5.91 Å². The molecule has 0 saturated carbocycles. The van der Waals surface area contributed by atoms with E-state index in [1.165, 1.54) is 0 Å². The Hall–Kier alpha value is -0.310. The van der Waals surface area contributed by atoms with Crippen molar-refractivity contribution < 1.29 is 4.79 Å². The van der Waals surface area contributed by atoms with Crippen molar-refractivity contribution in [2.75, 3.05) is 19.1 Å². The summed E-state index contributed by atoms with van der Waals surface area (Å²) in [5.41, 5.74) is 4.78. The minimum atomic E-state index is -0.598. The highest BCUT2D eigenvalue weighted by Gasteiger charge is 2.27. The zero-order valence-corrected chi connectivity index (χ0v) is 13.9. The van der Waals surface area contributed by atoms with Crippen LogP contribution in [-0.2, 0) is 4.79 Å². The number of aromatic nitrogens is 2. The fraction of sp³-hybridized carbons (Fsp3) is 0.727. The Morgan fingerprint density at radius 2 is 2.11 bits per heavy atom. The fourth-order valence-corrected chi connectivity index (χ4v) is 3.96. The number of hydrogen-bond donors (Lipinski definition) is 2. The third-order valence-electron chi connectivity index (χ3n) is 2.95. The van der Waals surface area contributed by atoms with Crippen molar-refractivity contribution in [3.05, 3.63) is 0 Å². The lowest BCUT2D eigenvalue weighted by molar-refractivity contribution is -0.123. The quantitative estimate of drug-likeness (QED) is 0.535. The molecule has 0 bridgehead atoms. The van der Waals surface area contributed by atoms with Crippen LogP contribution < -0.4 is 11.1 Å². The van der Waals surface area contributed by atoms with Gasteiger partial charge in [-0.25, -0.2) is 0 Å². The van der Waals surface area contributed by atoms with Crippen molar-refractivity contribution in [3.8, 4) is 0 Å². The third-order valence-corrected chi connectivity index (χ3v) is 6.07. The number of carbonyl (C=O) groups is 1. The number of nitrogens with two attached hydrogens (primary N) is 1. The molecule has 3 N–H and O–H groups in total. The number of thioether (sulfide) groups is 2. The molecular weight excluding hydrogens is 300 g/mol. The first-order valence-corrected chi connectivity index (χ1v) is 9.03. The second kappa shape index (κ2) is 8.08. The number of primary amides is 1. The number of nitrogens with one attached hydrogen (secondary N) is 1. The van der Waals surface area contributed by atoms with Crippen LogP contribution in [0.15, 0.2) is 8.68 Å². The average Bonchev–Trinajstić information content (AvgIpc) is 2.85. The summed E-state index contributed by atoms with van der Waals surface area (Å²) in [6.45, 7) is 1.85. The molecule has 1 heterocycles. The largest absolute Gasteiger partial charge is 0.368 e. The van der Waals surface area contributed by atoms with E-state index in [2.05, 4.69) is 15.5 Å². The molecule has 1 aromatic rings. The SMILES string of the molecule is CNC(C)(CCCCSc1nnc(SC)s1)C(N)=O. The summed E-state index contributed by atoms with van der Waals surface area (Å²) in [4.78, 5) is 11.3. The zero-order chi connectivity index (χ0) is 14.3. The van der Waals surface area contributed by atoms with Gasteiger partial charge in [0.2, 0.25) is 5.91 Å². The first-order valence-electron chi connectivity index (χ1n) is 6.01. The molecule has 0 saturated heterocycles. The molecule has 0 radical (unpaired) electrons. The maximum atomic E-state index is 11.3. The first kappa shape index (κ1) is 16.7. The molecule has 1 rings (SSSR count). The monoisotopic (exact) mass is 320 g/mol. The predicted octanol–water partition coefficient (Wildman–Crippen LogP) is 1.99. The molecule has 0 aliphatic carbocycles. The van der Waals surface area contributed by atoms with Crippen LogP contribution in [0.1, 0.15) is 26.2 Å². The molecule has 1 aromatic heterocycles. The van der Waals surface area contributed by atoms with Gasteiger partial charge >= 0.3 is 0 Å². The van der Waals surface area contributed by atoms with Gasteiger partial charge in [-0.15, -0.1) is 10.2 Å². The standard InChI is InChI=1S/C11H20N4OS3/c1-11(13-2,8(12)16)6-4-5-7-18-10-15-14-9(17-3)19-10/h13H,4-7H2,1-3H3,(H2,12,16). The molecule has 0 spiro atoms. The number of unbranched alkanes of at least 4 members (excludes halogenated alkanes) is 1. The Bertz CT molecular complexity index is 412. The number of amides is 1. The summed E-state index contributed by atoms with van der Waals surface area (Å²) in [6.07, 6.45) is 4.74. The van der Waals surface area contributed by atoms with E-state index in [9.17, 15) is 4.79 Å². The lowest BCUT2D eigenvalue weighted by atomic mass is 9.94. The zero-order valence-electron chi connectivity index (χ0n) is 11.4. The summed E-state index contributed by atoms with van der Waals surface area (Å²) in [5, 5.41) is 11.1. The predicted molar refractivity (Wildman–Crippen MR) is 82.9 cm³/mol. The molecule has 5 nitrogen and oxygen atoms in total. The molecule has 0 aromatic carbocycles. The van der Waals surface area contributed by atoms with Gasteiger partial charge in [0.15, 0.2) is 8.68 Å². The molecule has 0 aliphatic heterocycles. The highest BCUT2D eigenvalue weighted by atomic mass is 32.2. The molecule has 1 atom stereocenters. The molecule has 8 heteroatoms. The summed E-state index contributed by atoms with van der Waals surface area (Å²) >= 11 is 4.96. The maximum Gasteiger partial charge on any atom is 0.237 e. The summed E-state index contributed by atoms with van der Waals surface area (Å²) < 4.78 is 2.01. The van der Waals surface area contributed by atoms with Gasteiger partial charge < -0.3 is 11.1 Å². The van der Waals surface area contributed by atoms with Crippen LogP contribution in [0.4, 0.5) is 0 Å². The minimum absolute atomic E-state index is 0.295. The van der Waals surface area contributed by atoms with Crippen LogP contribution in [-0.4, -0.2) is 40.7 Å². The van der Waals surface area contributed by atoms with Crippen LogP contribution in [0.3, 0.4) is 0 Å². The van der Waals surface area contributed by atoms with Gasteiger partial charge in [-0.2, -0.15) is 0 Å². The number of carbonyl (C=O) groups excluding carboxylic acids is 1. The van der Waals surface area contributed by atoms with Crippen LogP contribution in [0.2, 0.25) is 0 Å². The van der Waals surface area contributed by atoms with Crippen molar-refractivity contribution in [1.29, 1.82) is 0 Å². The lowest BCUT2D eigenvalue weighted by Gasteiger charge is -2.25. The number of nitrogens with zero attached hydrogens (tertiary/aromatic N) is 2. The number of hydrogen-bond acceptors (Lipinski definition) is 7. The van der Waals surface area contributed by atoms with Crippen molar-refractivity contribution in [2.24, 2.45) is 5.73 Å². The van der Waals surface area contributed by atoms with E-state index in [1.807, 2.05) is 13.2 Å². The molecule has 0 fully saturated rings. The van der Waals surface area contributed by atoms with Gasteiger partial charge in [0.05, 0.1) is 5.54 Å². The molecule has 19 heavy (non-hydrogen) atoms. The maximum absolute atomic E-state index is 11.3. The van der Waals surface area contributed by atoms with E-state index < -0.39 is 5.54 Å². The second-order valence-electron chi connectivity index (χ2n) is 4.29. The summed E-state index contributed by atoms with van der Waals surface area (Å²) in [5.74, 6) is 0.693. The molecule has 1 amide bonds. The van der Waals surface area contributed by atoms with Crippen molar-refractivity contribution in [1.82, 2.24) is 15.5 Å². The van der Waals surface area contributed by atoms with Gasteiger partial charge in [-0.3, -0.25) is 4.79 Å². The van der Waals surface area contributed by atoms with Gasteiger partial charge in [0, 0.05) is 5.75 Å². The van der Waals surface area contributed by atoms with E-state index in [0.29, 0.717) is 0 Å². The molecule has 0 aliphatic rings. The Morgan fingerprint density at radius 3 is 2.63 bits per heavy atom. The van der Waals surface area contributed by atoms with Crippen molar-refractivity contribution >= 4 is 40.8 Å². The Kier molecular flexibility index (Phi) is 7.12. The first-order chi connectivity index (χ1) is 9.01. The normalized spacial score (nSPS) is 14.3. The van der Waals surface area contributed by atoms with Crippen molar-refractivity contribution in [3.63, 3.8) is 0 Å².